The summed E-state index contributed by atoms with van der Waals surface area (Å²) in [4.78, 5) is 0. The Morgan fingerprint density at radius 1 is 0.893 bits per heavy atom. The summed E-state index contributed by atoms with van der Waals surface area (Å²) in [6.07, 6.45) is 15.6. The average molecular weight is 377 g/mol. The number of fused-ring (bicyclic) bond motifs is 5. The lowest BCUT2D eigenvalue weighted by Crippen LogP contribution is -2.57. The predicted molar refractivity (Wildman–Crippen MR) is 120 cm³/mol. The fourth-order valence-electron chi connectivity index (χ4n) is 8.78. The smallest absolute Gasteiger partial charge is 0.0254 e. The van der Waals surface area contributed by atoms with Gasteiger partial charge < -0.3 is 0 Å². The van der Waals surface area contributed by atoms with Gasteiger partial charge in [0.05, 0.1) is 0 Å². The molecule has 0 aliphatic heterocycles. The molecular formula is C28H40. The molecule has 4 aliphatic carbocycles. The van der Waals surface area contributed by atoms with Crippen molar-refractivity contribution in [2.45, 2.75) is 85.5 Å². The molecule has 1 aromatic carbocycles. The molecule has 0 nitrogen and oxygen atoms in total. The van der Waals surface area contributed by atoms with E-state index >= 15 is 0 Å². The van der Waals surface area contributed by atoms with Gasteiger partial charge in [-0.25, -0.2) is 0 Å². The topological polar surface area (TPSA) is 0 Å². The molecule has 0 radical (unpaired) electrons. The van der Waals surface area contributed by atoms with E-state index in [9.17, 15) is 0 Å². The highest BCUT2D eigenvalue weighted by atomic mass is 14.7. The van der Waals surface area contributed by atoms with Crippen LogP contribution in [0.3, 0.4) is 0 Å². The molecule has 0 saturated heterocycles. The maximum absolute atomic E-state index is 2.71. The van der Waals surface area contributed by atoms with Crippen molar-refractivity contribution < 1.29 is 0 Å². The first kappa shape index (κ1) is 19.0. The Labute approximate surface area is 173 Å². The van der Waals surface area contributed by atoms with Crippen LogP contribution < -0.4 is 0 Å². The van der Waals surface area contributed by atoms with Crippen LogP contribution in [0.4, 0.5) is 0 Å². The van der Waals surface area contributed by atoms with Crippen LogP contribution >= 0.6 is 0 Å². The third kappa shape index (κ3) is 2.85. The molecule has 0 heterocycles. The molecule has 4 saturated carbocycles. The lowest BCUT2D eigenvalue weighted by atomic mass is 9.40. The van der Waals surface area contributed by atoms with Gasteiger partial charge in [0.15, 0.2) is 0 Å². The summed E-state index contributed by atoms with van der Waals surface area (Å²) in [5.41, 5.74) is 4.81. The average Bonchev–Trinajstić information content (AvgIpc) is 2.98. The molecule has 0 amide bonds. The number of hydrogen-bond donors (Lipinski definition) is 0. The minimum Gasteiger partial charge on any atom is -0.0688 e. The zero-order chi connectivity index (χ0) is 19.6. The van der Waals surface area contributed by atoms with Crippen molar-refractivity contribution in [3.05, 3.63) is 41.5 Å². The van der Waals surface area contributed by atoms with Crippen molar-refractivity contribution in [1.82, 2.24) is 0 Å². The van der Waals surface area contributed by atoms with Crippen molar-refractivity contribution in [2.24, 2.45) is 39.9 Å². The van der Waals surface area contributed by atoms with Gasteiger partial charge in [0, 0.05) is 0 Å². The van der Waals surface area contributed by atoms with Crippen LogP contribution in [0.15, 0.2) is 35.9 Å². The first-order valence-corrected chi connectivity index (χ1v) is 12.1. The molecule has 5 rings (SSSR count). The van der Waals surface area contributed by atoms with E-state index in [2.05, 4.69) is 64.1 Å². The Morgan fingerprint density at radius 3 is 2.46 bits per heavy atom. The van der Waals surface area contributed by atoms with Crippen LogP contribution in [-0.4, -0.2) is 0 Å². The zero-order valence-electron chi connectivity index (χ0n) is 18.6. The molecule has 6 atom stereocenters. The van der Waals surface area contributed by atoms with Gasteiger partial charge in [0.25, 0.3) is 0 Å². The summed E-state index contributed by atoms with van der Waals surface area (Å²) >= 11 is 0. The molecule has 1 aromatic rings. The summed E-state index contributed by atoms with van der Waals surface area (Å²) in [6.45, 7) is 10.6. The third-order valence-corrected chi connectivity index (χ3v) is 10.0. The highest BCUT2D eigenvalue weighted by molar-refractivity contribution is 5.54. The summed E-state index contributed by atoms with van der Waals surface area (Å²) in [5, 5.41) is 0. The van der Waals surface area contributed by atoms with Gasteiger partial charge in [0.1, 0.15) is 0 Å². The molecule has 0 bridgehead atoms. The summed E-state index contributed by atoms with van der Waals surface area (Å²) in [6, 6.07) is 11.0. The second-order valence-electron chi connectivity index (χ2n) is 12.2. The number of allylic oxidation sites excluding steroid dienone is 1. The van der Waals surface area contributed by atoms with E-state index in [-0.39, 0.29) is 0 Å². The second kappa shape index (κ2) is 6.48. The van der Waals surface area contributed by atoms with Gasteiger partial charge in [-0.3, -0.25) is 0 Å². The summed E-state index contributed by atoms with van der Waals surface area (Å²) < 4.78 is 0. The Morgan fingerprint density at radius 2 is 1.68 bits per heavy atom. The van der Waals surface area contributed by atoms with Crippen LogP contribution in [0.1, 0.15) is 91.0 Å². The van der Waals surface area contributed by atoms with Crippen LogP contribution in [0.5, 0.6) is 0 Å². The van der Waals surface area contributed by atoms with Crippen LogP contribution in [0.25, 0.3) is 6.08 Å². The molecule has 1 unspecified atom stereocenters. The lowest BCUT2D eigenvalue weighted by molar-refractivity contribution is -0.160. The Bertz CT molecular complexity index is 756. The third-order valence-electron chi connectivity index (χ3n) is 10.0. The van der Waals surface area contributed by atoms with Crippen LogP contribution in [-0.2, 0) is 0 Å². The van der Waals surface area contributed by atoms with E-state index in [0.29, 0.717) is 16.2 Å². The zero-order valence-corrected chi connectivity index (χ0v) is 18.6. The number of benzene rings is 1. The Hall–Kier alpha value is -1.04. The summed E-state index contributed by atoms with van der Waals surface area (Å²) in [7, 11) is 0. The molecular weight excluding hydrogens is 336 g/mol. The maximum atomic E-state index is 2.71. The molecule has 0 spiro atoms. The first-order chi connectivity index (χ1) is 13.3. The van der Waals surface area contributed by atoms with Crippen molar-refractivity contribution in [1.29, 1.82) is 0 Å². The minimum absolute atomic E-state index is 0.515. The molecule has 4 aliphatic rings. The van der Waals surface area contributed by atoms with Gasteiger partial charge in [-0.2, -0.15) is 0 Å². The number of rotatable bonds is 1. The van der Waals surface area contributed by atoms with Gasteiger partial charge in [-0.05, 0) is 90.4 Å². The van der Waals surface area contributed by atoms with E-state index in [1.165, 1.54) is 63.4 Å². The quantitative estimate of drug-likeness (QED) is 0.464. The van der Waals surface area contributed by atoms with Gasteiger partial charge >= 0.3 is 0 Å². The van der Waals surface area contributed by atoms with Crippen molar-refractivity contribution >= 4 is 6.08 Å². The Kier molecular flexibility index (Phi) is 4.39. The highest BCUT2D eigenvalue weighted by Gasteiger charge is 2.62. The molecule has 0 aromatic heterocycles. The van der Waals surface area contributed by atoms with Crippen molar-refractivity contribution in [2.75, 3.05) is 0 Å². The largest absolute Gasteiger partial charge is 0.0688 e. The maximum Gasteiger partial charge on any atom is -0.0254 e. The second-order valence-corrected chi connectivity index (χ2v) is 12.2. The molecule has 152 valence electrons. The highest BCUT2D eigenvalue weighted by Crippen LogP contribution is 2.70. The van der Waals surface area contributed by atoms with Crippen molar-refractivity contribution in [3.8, 4) is 0 Å². The normalized spacial score (nSPS) is 45.9. The Balaban J connectivity index is 1.49. The fraction of sp³-hybridized carbons (Fsp3) is 0.714. The van der Waals surface area contributed by atoms with Crippen LogP contribution in [0, 0.1) is 39.9 Å². The van der Waals surface area contributed by atoms with E-state index in [1.54, 1.807) is 5.57 Å². The molecule has 0 N–H and O–H groups in total. The first-order valence-electron chi connectivity index (χ1n) is 12.1. The predicted octanol–water partition coefficient (Wildman–Crippen LogP) is 8.14. The monoisotopic (exact) mass is 376 g/mol. The minimum atomic E-state index is 0.515. The van der Waals surface area contributed by atoms with E-state index in [0.717, 1.165) is 23.7 Å². The van der Waals surface area contributed by atoms with Crippen LogP contribution in [0.2, 0.25) is 0 Å². The van der Waals surface area contributed by atoms with E-state index < -0.39 is 0 Å². The fourth-order valence-corrected chi connectivity index (χ4v) is 8.78. The standard InChI is InChI=1S/C28H40/c1-26(2)19-22-12-8-9-14-28(22,4)23-13-15-27(3)18-21(17-24(27)25(23)26)16-20-10-6-5-7-11-20/h5-7,10-11,16,22-25H,8-9,12-15,17-19H2,1-4H3/t22?,23-,24+,25-,27-,28+/m1/s1. The molecule has 4 fully saturated rings. The molecule has 0 heteroatoms. The molecule has 28 heavy (non-hydrogen) atoms. The number of hydrogen-bond acceptors (Lipinski definition) is 0. The van der Waals surface area contributed by atoms with Crippen molar-refractivity contribution in [3.63, 3.8) is 0 Å². The lowest BCUT2D eigenvalue weighted by Gasteiger charge is -2.65. The van der Waals surface area contributed by atoms with Gasteiger partial charge in [0.2, 0.25) is 0 Å². The van der Waals surface area contributed by atoms with Gasteiger partial charge in [-0.1, -0.05) is 82.5 Å². The van der Waals surface area contributed by atoms with E-state index in [1.807, 2.05) is 0 Å². The van der Waals surface area contributed by atoms with E-state index in [4.69, 9.17) is 0 Å². The SMILES string of the molecule is CC1(C)CC2CCCC[C@]2(C)[C@@H]2CC[C@]3(C)CC(=Cc4ccccc4)C[C@H]3[C@@H]21. The summed E-state index contributed by atoms with van der Waals surface area (Å²) in [5.74, 6) is 3.78. The van der Waals surface area contributed by atoms with Gasteiger partial charge in [-0.15, -0.1) is 0 Å².